The molecule has 1 fully saturated rings. The number of nitrogens with zero attached hydrogens (tertiary/aromatic N) is 4. The Kier molecular flexibility index (Phi) is 5.06. The van der Waals surface area contributed by atoms with Gasteiger partial charge in [-0.3, -0.25) is 19.3 Å². The maximum atomic E-state index is 12.6. The van der Waals surface area contributed by atoms with Crippen molar-refractivity contribution in [2.75, 3.05) is 18.0 Å². The van der Waals surface area contributed by atoms with Crippen molar-refractivity contribution in [3.05, 3.63) is 80.3 Å². The minimum atomic E-state index is -0.709. The van der Waals surface area contributed by atoms with E-state index >= 15 is 0 Å². The number of nitro groups is 1. The number of nitro benzene ring substituents is 1. The Morgan fingerprint density at radius 3 is 2.72 bits per heavy atom. The first-order valence-electron chi connectivity index (χ1n) is 10.1. The summed E-state index contributed by atoms with van der Waals surface area (Å²) in [6, 6.07) is 13.2. The second-order valence-electron chi connectivity index (χ2n) is 7.50. The van der Waals surface area contributed by atoms with Crippen LogP contribution in [0.2, 0.25) is 0 Å². The van der Waals surface area contributed by atoms with E-state index in [1.807, 2.05) is 29.2 Å². The van der Waals surface area contributed by atoms with Crippen molar-refractivity contribution in [2.45, 2.75) is 19.4 Å². The summed E-state index contributed by atoms with van der Waals surface area (Å²) in [6.45, 7) is 1.30. The van der Waals surface area contributed by atoms with Crippen molar-refractivity contribution in [3.8, 4) is 0 Å². The molecule has 0 unspecified atom stereocenters. The lowest BCUT2D eigenvalue weighted by Gasteiger charge is -2.17. The fourth-order valence-electron chi connectivity index (χ4n) is 3.94. The summed E-state index contributed by atoms with van der Waals surface area (Å²) in [6.07, 6.45) is 1.97. The van der Waals surface area contributed by atoms with Crippen LogP contribution in [0.25, 0.3) is 15.2 Å². The molecular formula is C22H18N4O5S. The molecule has 9 nitrogen and oxygen atoms in total. The maximum absolute atomic E-state index is 12.6. The van der Waals surface area contributed by atoms with Crippen LogP contribution in [0.4, 0.5) is 11.4 Å². The van der Waals surface area contributed by atoms with Gasteiger partial charge < -0.3 is 9.64 Å². The minimum absolute atomic E-state index is 0.0827. The number of ether oxygens (including phenoxy) is 1. The summed E-state index contributed by atoms with van der Waals surface area (Å²) >= 11 is 1.37. The SMILES string of the molecule is O=C(OCc1cc(=O)n2c(n1)sc1ccccc12)c1ccc(N2CCCC2)c([N+](=O)[O-])c1. The van der Waals surface area contributed by atoms with Crippen LogP contribution < -0.4 is 10.5 Å². The number of anilines is 1. The first-order valence-corrected chi connectivity index (χ1v) is 10.9. The molecule has 4 aromatic rings. The van der Waals surface area contributed by atoms with E-state index in [2.05, 4.69) is 4.98 Å². The van der Waals surface area contributed by atoms with Crippen LogP contribution in [-0.2, 0) is 11.3 Å². The number of thiazole rings is 1. The highest BCUT2D eigenvalue weighted by molar-refractivity contribution is 7.23. The van der Waals surface area contributed by atoms with Crippen LogP contribution in [-0.4, -0.2) is 33.4 Å². The molecule has 5 rings (SSSR count). The van der Waals surface area contributed by atoms with Crippen molar-refractivity contribution >= 4 is 43.9 Å². The van der Waals surface area contributed by atoms with Crippen molar-refractivity contribution in [2.24, 2.45) is 0 Å². The van der Waals surface area contributed by atoms with Gasteiger partial charge in [-0.25, -0.2) is 9.78 Å². The topological polar surface area (TPSA) is 107 Å². The molecule has 0 saturated carbocycles. The molecule has 0 aliphatic carbocycles. The number of benzene rings is 2. The number of aromatic nitrogens is 2. The van der Waals surface area contributed by atoms with Gasteiger partial charge in [0.1, 0.15) is 12.3 Å². The molecule has 2 aromatic carbocycles. The lowest BCUT2D eigenvalue weighted by molar-refractivity contribution is -0.384. The summed E-state index contributed by atoms with van der Waals surface area (Å²) in [5.74, 6) is -0.709. The Hall–Kier alpha value is -3.79. The van der Waals surface area contributed by atoms with Crippen LogP contribution in [0.5, 0.6) is 0 Å². The number of rotatable bonds is 5. The van der Waals surface area contributed by atoms with E-state index in [-0.39, 0.29) is 23.4 Å². The Morgan fingerprint density at radius 2 is 1.94 bits per heavy atom. The number of carbonyl (C=O) groups excluding carboxylic acids is 1. The van der Waals surface area contributed by atoms with E-state index in [1.165, 1.54) is 33.9 Å². The summed E-state index contributed by atoms with van der Waals surface area (Å²) in [5, 5.41) is 11.5. The summed E-state index contributed by atoms with van der Waals surface area (Å²) < 4.78 is 7.76. The zero-order valence-corrected chi connectivity index (χ0v) is 17.7. The van der Waals surface area contributed by atoms with Gasteiger partial charge in [-0.05, 0) is 37.1 Å². The van der Waals surface area contributed by atoms with Gasteiger partial charge >= 0.3 is 5.97 Å². The maximum Gasteiger partial charge on any atom is 0.338 e. The van der Waals surface area contributed by atoms with Gasteiger partial charge in [0.05, 0.1) is 26.4 Å². The highest BCUT2D eigenvalue weighted by Gasteiger charge is 2.24. The minimum Gasteiger partial charge on any atom is -0.456 e. The molecule has 0 bridgehead atoms. The largest absolute Gasteiger partial charge is 0.456 e. The van der Waals surface area contributed by atoms with Gasteiger partial charge in [-0.15, -0.1) is 0 Å². The Balaban J connectivity index is 1.38. The van der Waals surface area contributed by atoms with Crippen LogP contribution in [0, 0.1) is 10.1 Å². The van der Waals surface area contributed by atoms with E-state index < -0.39 is 10.9 Å². The van der Waals surface area contributed by atoms with Gasteiger partial charge in [0.2, 0.25) is 0 Å². The van der Waals surface area contributed by atoms with E-state index in [9.17, 15) is 19.7 Å². The highest BCUT2D eigenvalue weighted by atomic mass is 32.1. The molecule has 0 spiro atoms. The standard InChI is InChI=1S/C22H18N4O5S/c27-20-12-15(23-22-25(20)17-5-1-2-6-19(17)32-22)13-31-21(28)14-7-8-16(18(11-14)26(29)30)24-9-3-4-10-24/h1-2,5-8,11-12H,3-4,9-10,13H2. The molecule has 162 valence electrons. The van der Waals surface area contributed by atoms with E-state index in [1.54, 1.807) is 6.07 Å². The second kappa shape index (κ2) is 8.04. The van der Waals surface area contributed by atoms with Crippen LogP contribution in [0.1, 0.15) is 28.9 Å². The Morgan fingerprint density at radius 1 is 1.16 bits per heavy atom. The van der Waals surface area contributed by atoms with Crippen molar-refractivity contribution in [1.29, 1.82) is 0 Å². The highest BCUT2D eigenvalue weighted by Crippen LogP contribution is 2.32. The number of hydrogen-bond donors (Lipinski definition) is 0. The van der Waals surface area contributed by atoms with Crippen molar-refractivity contribution in [3.63, 3.8) is 0 Å². The molecule has 2 aromatic heterocycles. The molecule has 0 N–H and O–H groups in total. The summed E-state index contributed by atoms with van der Waals surface area (Å²) in [5.41, 5.74) is 1.30. The number of hydrogen-bond acceptors (Lipinski definition) is 8. The third kappa shape index (κ3) is 3.58. The number of carbonyl (C=O) groups is 1. The molecule has 1 aliphatic rings. The van der Waals surface area contributed by atoms with Gasteiger partial charge in [-0.1, -0.05) is 23.5 Å². The Labute approximate surface area is 185 Å². The summed E-state index contributed by atoms with van der Waals surface area (Å²) in [7, 11) is 0. The molecule has 0 amide bonds. The van der Waals surface area contributed by atoms with Gasteiger partial charge in [0, 0.05) is 25.2 Å². The lowest BCUT2D eigenvalue weighted by Crippen LogP contribution is -2.19. The molecule has 1 saturated heterocycles. The third-order valence-corrected chi connectivity index (χ3v) is 6.48. The molecule has 10 heteroatoms. The smallest absolute Gasteiger partial charge is 0.338 e. The first-order chi connectivity index (χ1) is 15.5. The number of esters is 1. The van der Waals surface area contributed by atoms with Crippen molar-refractivity contribution in [1.82, 2.24) is 9.38 Å². The average Bonchev–Trinajstić information content (AvgIpc) is 3.45. The van der Waals surface area contributed by atoms with Gasteiger partial charge in [0.25, 0.3) is 11.2 Å². The molecule has 0 radical (unpaired) electrons. The van der Waals surface area contributed by atoms with Crippen LogP contribution >= 0.6 is 11.3 Å². The monoisotopic (exact) mass is 450 g/mol. The fraction of sp³-hybridized carbons (Fsp3) is 0.227. The van der Waals surface area contributed by atoms with E-state index in [0.717, 1.165) is 36.1 Å². The van der Waals surface area contributed by atoms with E-state index in [4.69, 9.17) is 4.74 Å². The summed E-state index contributed by atoms with van der Waals surface area (Å²) in [4.78, 5) is 43.1. The predicted octanol–water partition coefficient (Wildman–Crippen LogP) is 3.77. The average molecular weight is 450 g/mol. The second-order valence-corrected chi connectivity index (χ2v) is 8.51. The van der Waals surface area contributed by atoms with Crippen molar-refractivity contribution < 1.29 is 14.5 Å². The predicted molar refractivity (Wildman–Crippen MR) is 121 cm³/mol. The van der Waals surface area contributed by atoms with Crippen LogP contribution in [0.3, 0.4) is 0 Å². The molecular weight excluding hydrogens is 432 g/mol. The number of fused-ring (bicyclic) bond motifs is 3. The molecule has 1 aliphatic heterocycles. The van der Waals surface area contributed by atoms with Crippen LogP contribution in [0.15, 0.2) is 53.3 Å². The molecule has 32 heavy (non-hydrogen) atoms. The molecule has 0 atom stereocenters. The van der Waals surface area contributed by atoms with Gasteiger partial charge in [0.15, 0.2) is 4.96 Å². The zero-order valence-electron chi connectivity index (χ0n) is 16.9. The third-order valence-electron chi connectivity index (χ3n) is 5.45. The molecule has 3 heterocycles. The van der Waals surface area contributed by atoms with Gasteiger partial charge in [-0.2, -0.15) is 0 Å². The quantitative estimate of drug-likeness (QED) is 0.259. The first kappa shape index (κ1) is 20.1. The van der Waals surface area contributed by atoms with E-state index in [0.29, 0.717) is 16.3 Å². The zero-order chi connectivity index (χ0) is 22.2. The normalized spacial score (nSPS) is 13.7. The lowest BCUT2D eigenvalue weighted by atomic mass is 10.1. The Bertz CT molecular complexity index is 1420. The number of para-hydroxylation sites is 1. The fourth-order valence-corrected chi connectivity index (χ4v) is 4.99.